The van der Waals surface area contributed by atoms with Gasteiger partial charge in [0.25, 0.3) is 5.69 Å². The van der Waals surface area contributed by atoms with Gasteiger partial charge in [0.1, 0.15) is 11.7 Å². The maximum absolute atomic E-state index is 10.9. The van der Waals surface area contributed by atoms with Gasteiger partial charge in [-0.3, -0.25) is 15.0 Å². The number of rotatable bonds is 3. The van der Waals surface area contributed by atoms with Gasteiger partial charge in [0.2, 0.25) is 0 Å². The van der Waals surface area contributed by atoms with Gasteiger partial charge in [-0.1, -0.05) is 11.6 Å². The second kappa shape index (κ2) is 6.10. The summed E-state index contributed by atoms with van der Waals surface area (Å²) in [7, 11) is 0. The third kappa shape index (κ3) is 2.37. The van der Waals surface area contributed by atoms with Gasteiger partial charge < -0.3 is 4.74 Å². The highest BCUT2D eigenvalue weighted by Crippen LogP contribution is 2.45. The van der Waals surface area contributed by atoms with E-state index in [1.165, 1.54) is 18.6 Å². The molecule has 4 rings (SSSR count). The molecule has 8 nitrogen and oxygen atoms in total. The van der Waals surface area contributed by atoms with E-state index in [4.69, 9.17) is 4.74 Å². The van der Waals surface area contributed by atoms with E-state index >= 15 is 0 Å². The van der Waals surface area contributed by atoms with Crippen LogP contribution >= 0.6 is 0 Å². The molecule has 1 aliphatic carbocycles. The minimum absolute atomic E-state index is 0.0931. The molecule has 0 radical (unpaired) electrons. The average molecular weight is 331 g/mol. The van der Waals surface area contributed by atoms with Crippen LogP contribution in [-0.4, -0.2) is 47.8 Å². The monoisotopic (exact) mass is 331 g/mol. The Morgan fingerprint density at radius 1 is 1.21 bits per heavy atom. The number of nitrogens with zero attached hydrogens (tertiary/aromatic N) is 5. The van der Waals surface area contributed by atoms with Gasteiger partial charge in [0, 0.05) is 25.2 Å². The van der Waals surface area contributed by atoms with Crippen molar-refractivity contribution in [2.45, 2.75) is 37.4 Å². The molecule has 2 atom stereocenters. The summed E-state index contributed by atoms with van der Waals surface area (Å²) in [5.41, 5.74) is 0.703. The predicted octanol–water partition coefficient (Wildman–Crippen LogP) is 2.75. The first-order chi connectivity index (χ1) is 11.7. The number of ether oxygens (including phenoxy) is 1. The number of nitro benzene ring substituents is 1. The summed E-state index contributed by atoms with van der Waals surface area (Å²) >= 11 is 0. The van der Waals surface area contributed by atoms with Crippen LogP contribution in [0, 0.1) is 10.1 Å². The molecule has 0 bridgehead atoms. The summed E-state index contributed by atoms with van der Waals surface area (Å²) < 4.78 is 5.52. The summed E-state index contributed by atoms with van der Waals surface area (Å²) in [4.78, 5) is 13.0. The number of nitro groups is 1. The lowest BCUT2D eigenvalue weighted by Crippen LogP contribution is -2.66. The van der Waals surface area contributed by atoms with Crippen molar-refractivity contribution in [2.75, 3.05) is 31.3 Å². The lowest BCUT2D eigenvalue weighted by molar-refractivity contribution is -0.384. The molecular weight excluding hydrogens is 310 g/mol. The van der Waals surface area contributed by atoms with E-state index in [0.29, 0.717) is 0 Å². The number of anilines is 1. The fourth-order valence-corrected chi connectivity index (χ4v) is 4.15. The fourth-order valence-electron chi connectivity index (χ4n) is 4.15. The summed E-state index contributed by atoms with van der Waals surface area (Å²) in [5.74, 6) is 0. The molecule has 24 heavy (non-hydrogen) atoms. The highest BCUT2D eigenvalue weighted by molar-refractivity contribution is 5.53. The van der Waals surface area contributed by atoms with E-state index in [2.05, 4.69) is 15.2 Å². The molecule has 0 amide bonds. The van der Waals surface area contributed by atoms with Crippen molar-refractivity contribution in [1.29, 1.82) is 0 Å². The van der Waals surface area contributed by atoms with Gasteiger partial charge in [-0.2, -0.15) is 5.11 Å². The quantitative estimate of drug-likeness (QED) is 0.628. The number of hydrogen-bond donors (Lipinski definition) is 0. The lowest BCUT2D eigenvalue weighted by Gasteiger charge is -2.51. The first-order valence-electron chi connectivity index (χ1n) is 8.50. The Morgan fingerprint density at radius 2 is 1.96 bits per heavy atom. The summed E-state index contributed by atoms with van der Waals surface area (Å²) in [6.07, 6.45) is 4.35. The van der Waals surface area contributed by atoms with Gasteiger partial charge in [0.15, 0.2) is 0 Å². The Morgan fingerprint density at radius 3 is 2.67 bits per heavy atom. The predicted molar refractivity (Wildman–Crippen MR) is 87.8 cm³/mol. The Hall–Kier alpha value is -2.06. The van der Waals surface area contributed by atoms with Crippen LogP contribution in [-0.2, 0) is 4.74 Å². The molecule has 1 aromatic rings. The number of morpholine rings is 1. The topological polar surface area (TPSA) is 83.6 Å². The normalized spacial score (nSPS) is 30.3. The smallest absolute Gasteiger partial charge is 0.269 e. The van der Waals surface area contributed by atoms with Gasteiger partial charge in [-0.25, -0.2) is 5.01 Å². The van der Waals surface area contributed by atoms with Gasteiger partial charge in [-0.15, -0.1) is 0 Å². The maximum atomic E-state index is 10.9. The van der Waals surface area contributed by atoms with E-state index in [1.54, 1.807) is 12.1 Å². The molecule has 1 saturated heterocycles. The molecule has 2 heterocycles. The van der Waals surface area contributed by atoms with Crippen LogP contribution in [0.4, 0.5) is 11.4 Å². The van der Waals surface area contributed by atoms with E-state index in [9.17, 15) is 10.1 Å². The van der Waals surface area contributed by atoms with Gasteiger partial charge in [0.05, 0.1) is 23.8 Å². The molecule has 8 heteroatoms. The Labute approximate surface area is 140 Å². The zero-order valence-electron chi connectivity index (χ0n) is 13.5. The number of benzene rings is 1. The zero-order valence-corrected chi connectivity index (χ0v) is 13.5. The SMILES string of the molecule is O=[N+]([O-])c1ccc(N2N=N[C@H]3CCCC[C@]32N2CCOCC2)cc1. The van der Waals surface area contributed by atoms with Crippen molar-refractivity contribution in [2.24, 2.45) is 10.3 Å². The van der Waals surface area contributed by atoms with Crippen molar-refractivity contribution in [3.8, 4) is 0 Å². The Bertz CT molecular complexity index is 644. The maximum Gasteiger partial charge on any atom is 0.269 e. The highest BCUT2D eigenvalue weighted by Gasteiger charge is 2.54. The third-order valence-electron chi connectivity index (χ3n) is 5.32. The second-order valence-corrected chi connectivity index (χ2v) is 6.53. The highest BCUT2D eigenvalue weighted by atomic mass is 16.6. The average Bonchev–Trinajstić information content (AvgIpc) is 3.03. The van der Waals surface area contributed by atoms with Crippen molar-refractivity contribution >= 4 is 11.4 Å². The van der Waals surface area contributed by atoms with Crippen LogP contribution in [0.1, 0.15) is 25.7 Å². The largest absolute Gasteiger partial charge is 0.379 e. The molecule has 0 spiro atoms. The lowest BCUT2D eigenvalue weighted by atomic mass is 9.82. The molecule has 2 aliphatic heterocycles. The summed E-state index contributed by atoms with van der Waals surface area (Å²) in [5, 5.41) is 21.9. The van der Waals surface area contributed by atoms with E-state index in [0.717, 1.165) is 51.3 Å². The molecule has 1 aromatic carbocycles. The molecule has 128 valence electrons. The molecule has 3 aliphatic rings. The Balaban J connectivity index is 1.69. The minimum atomic E-state index is -0.379. The first-order valence-corrected chi connectivity index (χ1v) is 8.50. The van der Waals surface area contributed by atoms with Crippen molar-refractivity contribution < 1.29 is 9.66 Å². The number of non-ortho nitro benzene ring substituents is 1. The van der Waals surface area contributed by atoms with Crippen LogP contribution in [0.2, 0.25) is 0 Å². The Kier molecular flexibility index (Phi) is 3.93. The fraction of sp³-hybridized carbons (Fsp3) is 0.625. The van der Waals surface area contributed by atoms with Crippen LogP contribution in [0.25, 0.3) is 0 Å². The van der Waals surface area contributed by atoms with Crippen LogP contribution in [0.15, 0.2) is 34.6 Å². The molecule has 1 saturated carbocycles. The molecule has 2 fully saturated rings. The second-order valence-electron chi connectivity index (χ2n) is 6.53. The minimum Gasteiger partial charge on any atom is -0.379 e. The molecule has 0 N–H and O–H groups in total. The van der Waals surface area contributed by atoms with Crippen LogP contribution in [0.3, 0.4) is 0 Å². The summed E-state index contributed by atoms with van der Waals surface area (Å²) in [6.45, 7) is 3.18. The van der Waals surface area contributed by atoms with Crippen molar-refractivity contribution in [1.82, 2.24) is 4.90 Å². The zero-order chi connectivity index (χ0) is 16.6. The van der Waals surface area contributed by atoms with E-state index < -0.39 is 0 Å². The molecule has 0 aromatic heterocycles. The standard InChI is InChI=1S/C16H21N5O3/c22-21(23)14-6-4-13(5-7-14)20-16(19-9-11-24-12-10-19)8-2-1-3-15(16)17-18-20/h4-7,15H,1-3,8-12H2/t15-,16+/m0/s1. The van der Waals surface area contributed by atoms with Crippen molar-refractivity contribution in [3.05, 3.63) is 34.4 Å². The first kappa shape index (κ1) is 15.5. The molecular formula is C16H21N5O3. The summed E-state index contributed by atoms with van der Waals surface area (Å²) in [6, 6.07) is 6.77. The van der Waals surface area contributed by atoms with Gasteiger partial charge >= 0.3 is 0 Å². The molecule has 0 unspecified atom stereocenters. The number of fused-ring (bicyclic) bond motifs is 1. The van der Waals surface area contributed by atoms with Gasteiger partial charge in [-0.05, 0) is 31.4 Å². The van der Waals surface area contributed by atoms with Crippen LogP contribution < -0.4 is 5.01 Å². The number of hydrogen-bond acceptors (Lipinski definition) is 7. The van der Waals surface area contributed by atoms with E-state index in [-0.39, 0.29) is 22.3 Å². The van der Waals surface area contributed by atoms with E-state index in [1.807, 2.05) is 5.01 Å². The van der Waals surface area contributed by atoms with Crippen LogP contribution in [0.5, 0.6) is 0 Å². The third-order valence-corrected chi connectivity index (χ3v) is 5.32. The van der Waals surface area contributed by atoms with Crippen molar-refractivity contribution in [3.63, 3.8) is 0 Å².